The molecule has 3 atom stereocenters. The number of rotatable bonds is 6. The zero-order chi connectivity index (χ0) is 24.6. The second-order valence-electron chi connectivity index (χ2n) is 7.77. The van der Waals surface area contributed by atoms with Gasteiger partial charge in [-0.2, -0.15) is 17.6 Å². The maximum Gasteiger partial charge on any atom is 0.422 e. The number of ether oxygens (including phenoxy) is 1. The van der Waals surface area contributed by atoms with Gasteiger partial charge in [-0.25, -0.2) is 14.4 Å². The van der Waals surface area contributed by atoms with Crippen molar-refractivity contribution in [1.29, 1.82) is 0 Å². The Balaban J connectivity index is 2.06. The van der Waals surface area contributed by atoms with Crippen LogP contribution in [0.3, 0.4) is 0 Å². The van der Waals surface area contributed by atoms with Crippen molar-refractivity contribution in [2.24, 2.45) is 10.9 Å². The highest BCUT2D eigenvalue weighted by Crippen LogP contribution is 2.44. The minimum absolute atomic E-state index is 0.0194. The van der Waals surface area contributed by atoms with Crippen molar-refractivity contribution in [2.45, 2.75) is 38.5 Å². The molecular formula is C23H22F5N3O2. The number of aliphatic hydroxyl groups is 1. The van der Waals surface area contributed by atoms with Gasteiger partial charge in [0.2, 0.25) is 5.82 Å². The zero-order valence-corrected chi connectivity index (χ0v) is 18.3. The molecule has 0 aliphatic rings. The van der Waals surface area contributed by atoms with Crippen molar-refractivity contribution in [3.05, 3.63) is 59.6 Å². The average molecular weight is 467 g/mol. The van der Waals surface area contributed by atoms with E-state index in [-0.39, 0.29) is 11.3 Å². The molecule has 5 nitrogen and oxygen atoms in total. The lowest BCUT2D eigenvalue weighted by atomic mass is 9.76. The second-order valence-corrected chi connectivity index (χ2v) is 7.77. The first kappa shape index (κ1) is 24.5. The van der Waals surface area contributed by atoms with Crippen LogP contribution in [0.25, 0.3) is 10.9 Å². The topological polar surface area (TPSA) is 67.6 Å². The van der Waals surface area contributed by atoms with Crippen molar-refractivity contribution < 1.29 is 31.8 Å². The number of nitrogens with zero attached hydrogens (tertiary/aromatic N) is 3. The van der Waals surface area contributed by atoms with E-state index in [0.717, 1.165) is 26.2 Å². The Labute approximate surface area is 187 Å². The lowest BCUT2D eigenvalue weighted by molar-refractivity contribution is -0.246. The van der Waals surface area contributed by atoms with Crippen LogP contribution in [0.4, 0.5) is 27.6 Å². The molecule has 0 saturated carbocycles. The number of halogens is 5. The molecule has 0 radical (unpaired) electrons. The molecule has 33 heavy (non-hydrogen) atoms. The Morgan fingerprint density at radius 2 is 1.82 bits per heavy atom. The lowest BCUT2D eigenvalue weighted by Crippen LogP contribution is -2.53. The van der Waals surface area contributed by atoms with E-state index in [0.29, 0.717) is 22.9 Å². The molecule has 1 aromatic heterocycles. The third-order valence-corrected chi connectivity index (χ3v) is 5.80. The first-order valence-electron chi connectivity index (χ1n) is 9.99. The summed E-state index contributed by atoms with van der Waals surface area (Å²) in [6.07, 6.45) is -3.25. The summed E-state index contributed by atoms with van der Waals surface area (Å²) in [5, 5.41) is 11.2. The normalized spacial score (nSPS) is 16.1. The number of methoxy groups -OCH3 is 1. The fourth-order valence-electron chi connectivity index (χ4n) is 3.63. The third-order valence-electron chi connectivity index (χ3n) is 5.80. The zero-order valence-electron chi connectivity index (χ0n) is 18.3. The summed E-state index contributed by atoms with van der Waals surface area (Å²) in [5.41, 5.74) is -2.79. The number of alkyl halides is 3. The Hall–Kier alpha value is -3.14. The van der Waals surface area contributed by atoms with Crippen molar-refractivity contribution in [3.8, 4) is 5.75 Å². The van der Waals surface area contributed by atoms with Crippen LogP contribution in [0, 0.1) is 24.5 Å². The van der Waals surface area contributed by atoms with Gasteiger partial charge >= 0.3 is 6.18 Å². The van der Waals surface area contributed by atoms with Gasteiger partial charge in [0.25, 0.3) is 0 Å². The van der Waals surface area contributed by atoms with Gasteiger partial charge < -0.3 is 9.84 Å². The summed E-state index contributed by atoms with van der Waals surface area (Å²) in [6, 6.07) is 6.65. The summed E-state index contributed by atoms with van der Waals surface area (Å²) in [7, 11) is 1.08. The Kier molecular flexibility index (Phi) is 6.69. The van der Waals surface area contributed by atoms with Gasteiger partial charge in [-0.3, -0.25) is 4.99 Å². The molecular weight excluding hydrogens is 445 g/mol. The number of aromatic nitrogens is 2. The molecule has 0 bridgehead atoms. The maximum atomic E-state index is 14.1. The smallest absolute Gasteiger partial charge is 0.422 e. The molecule has 3 rings (SSSR count). The monoisotopic (exact) mass is 467 g/mol. The molecule has 0 saturated heterocycles. The van der Waals surface area contributed by atoms with Crippen molar-refractivity contribution >= 4 is 22.8 Å². The fourth-order valence-corrected chi connectivity index (χ4v) is 3.63. The van der Waals surface area contributed by atoms with E-state index in [1.807, 2.05) is 0 Å². The number of fused-ring (bicyclic) bond motifs is 1. The van der Waals surface area contributed by atoms with E-state index in [4.69, 9.17) is 4.74 Å². The van der Waals surface area contributed by atoms with Gasteiger partial charge in [-0.1, -0.05) is 26.0 Å². The minimum Gasteiger partial charge on any atom is -0.493 e. The molecule has 176 valence electrons. The quantitative estimate of drug-likeness (QED) is 0.375. The average Bonchev–Trinajstić information content (AvgIpc) is 2.77. The standard InChI is InChI=1S/C23H22F5N3O2/c1-12(15-8-9-17(24)20(25)21(15)33-4)13(2)22(32,23(26,27)28)11-30-18-6-5-7-19-16(18)10-29-14(3)31-19/h5-13,32H,1-4H3. The molecule has 2 aromatic carbocycles. The fraction of sp³-hybridized carbons (Fsp3) is 0.348. The molecule has 10 heteroatoms. The Morgan fingerprint density at radius 1 is 1.12 bits per heavy atom. The van der Waals surface area contributed by atoms with Crippen molar-refractivity contribution in [3.63, 3.8) is 0 Å². The molecule has 0 amide bonds. The Morgan fingerprint density at radius 3 is 2.45 bits per heavy atom. The summed E-state index contributed by atoms with van der Waals surface area (Å²) in [4.78, 5) is 12.2. The predicted octanol–water partition coefficient (Wildman–Crippen LogP) is 5.66. The van der Waals surface area contributed by atoms with Gasteiger partial charge in [0.05, 0.1) is 18.3 Å². The Bertz CT molecular complexity index is 1200. The maximum absolute atomic E-state index is 14.1. The number of aliphatic imine (C=N–C) groups is 1. The largest absolute Gasteiger partial charge is 0.493 e. The molecule has 1 heterocycles. The number of aryl methyl sites for hydroxylation is 1. The van der Waals surface area contributed by atoms with Crippen LogP contribution < -0.4 is 4.74 Å². The highest BCUT2D eigenvalue weighted by atomic mass is 19.4. The van der Waals surface area contributed by atoms with Gasteiger partial charge in [0, 0.05) is 29.3 Å². The van der Waals surface area contributed by atoms with Crippen LogP contribution >= 0.6 is 0 Å². The lowest BCUT2D eigenvalue weighted by Gasteiger charge is -2.36. The summed E-state index contributed by atoms with van der Waals surface area (Å²) >= 11 is 0. The van der Waals surface area contributed by atoms with Crippen LogP contribution in [0.5, 0.6) is 5.75 Å². The minimum atomic E-state index is -5.12. The summed E-state index contributed by atoms with van der Waals surface area (Å²) < 4.78 is 74.9. The molecule has 3 unspecified atom stereocenters. The van der Waals surface area contributed by atoms with E-state index in [9.17, 15) is 27.1 Å². The predicted molar refractivity (Wildman–Crippen MR) is 114 cm³/mol. The van der Waals surface area contributed by atoms with Crippen LogP contribution in [0.1, 0.15) is 31.2 Å². The van der Waals surface area contributed by atoms with E-state index >= 15 is 0 Å². The number of hydrogen-bond donors (Lipinski definition) is 1. The van der Waals surface area contributed by atoms with Crippen LogP contribution in [-0.2, 0) is 0 Å². The van der Waals surface area contributed by atoms with Gasteiger partial charge in [0.15, 0.2) is 17.2 Å². The highest BCUT2D eigenvalue weighted by Gasteiger charge is 2.57. The molecule has 0 fully saturated rings. The number of hydrogen-bond acceptors (Lipinski definition) is 5. The number of benzene rings is 2. The van der Waals surface area contributed by atoms with E-state index in [2.05, 4.69) is 15.0 Å². The highest BCUT2D eigenvalue weighted by molar-refractivity contribution is 5.91. The van der Waals surface area contributed by atoms with E-state index in [1.165, 1.54) is 19.2 Å². The van der Waals surface area contributed by atoms with Gasteiger partial charge in [0.1, 0.15) is 5.82 Å². The third kappa shape index (κ3) is 4.52. The van der Waals surface area contributed by atoms with Crippen LogP contribution in [0.15, 0.2) is 41.5 Å². The van der Waals surface area contributed by atoms with Crippen molar-refractivity contribution in [2.75, 3.05) is 7.11 Å². The first-order valence-corrected chi connectivity index (χ1v) is 9.99. The van der Waals surface area contributed by atoms with E-state index < -0.39 is 41.0 Å². The van der Waals surface area contributed by atoms with Crippen molar-refractivity contribution in [1.82, 2.24) is 9.97 Å². The molecule has 1 N–H and O–H groups in total. The second kappa shape index (κ2) is 9.01. The first-order chi connectivity index (χ1) is 15.4. The summed E-state index contributed by atoms with van der Waals surface area (Å²) in [5.74, 6) is -5.18. The van der Waals surface area contributed by atoms with Gasteiger partial charge in [-0.15, -0.1) is 0 Å². The molecule has 0 aliphatic carbocycles. The summed E-state index contributed by atoms with van der Waals surface area (Å²) in [6.45, 7) is 4.19. The van der Waals surface area contributed by atoms with Crippen LogP contribution in [-0.4, -0.2) is 40.2 Å². The van der Waals surface area contributed by atoms with E-state index in [1.54, 1.807) is 19.1 Å². The van der Waals surface area contributed by atoms with Crippen LogP contribution in [0.2, 0.25) is 0 Å². The molecule has 0 aliphatic heterocycles. The van der Waals surface area contributed by atoms with Gasteiger partial charge in [-0.05, 0) is 31.0 Å². The molecule has 3 aromatic rings. The molecule has 0 spiro atoms. The SMILES string of the molecule is COc1c(C(C)C(C)C(O)(C=Nc2cccc3nc(C)ncc23)C(F)(F)F)ccc(F)c1F.